The zero-order chi connectivity index (χ0) is 9.56. The van der Waals surface area contributed by atoms with Crippen molar-refractivity contribution in [3.63, 3.8) is 0 Å². The minimum atomic E-state index is -1.05. The standard InChI is InChI=1S/C7H14N2O3/c1-3-9(7(11)12)5-6(10)4-8-2/h8H,3-5H2,1-2H3,(H,11,12). The highest BCUT2D eigenvalue weighted by Crippen LogP contribution is 1.88. The van der Waals surface area contributed by atoms with Crippen molar-refractivity contribution in [3.8, 4) is 0 Å². The Labute approximate surface area is 71.4 Å². The molecular weight excluding hydrogens is 160 g/mol. The smallest absolute Gasteiger partial charge is 0.407 e. The molecule has 0 aliphatic carbocycles. The maximum atomic E-state index is 10.9. The molecule has 0 unspecified atom stereocenters. The number of carbonyl (C=O) groups excluding carboxylic acids is 1. The summed E-state index contributed by atoms with van der Waals surface area (Å²) in [6.45, 7) is 2.21. The van der Waals surface area contributed by atoms with Crippen molar-refractivity contribution in [3.05, 3.63) is 0 Å². The number of ketones is 1. The Morgan fingerprint density at radius 1 is 1.50 bits per heavy atom. The molecule has 12 heavy (non-hydrogen) atoms. The van der Waals surface area contributed by atoms with Crippen molar-refractivity contribution in [1.82, 2.24) is 10.2 Å². The Morgan fingerprint density at radius 3 is 2.42 bits per heavy atom. The fraction of sp³-hybridized carbons (Fsp3) is 0.714. The van der Waals surface area contributed by atoms with Gasteiger partial charge in [0.1, 0.15) is 0 Å². The number of carbonyl (C=O) groups is 2. The van der Waals surface area contributed by atoms with Gasteiger partial charge in [-0.15, -0.1) is 0 Å². The highest BCUT2D eigenvalue weighted by atomic mass is 16.4. The summed E-state index contributed by atoms with van der Waals surface area (Å²) in [6.07, 6.45) is -1.05. The maximum absolute atomic E-state index is 10.9. The third kappa shape index (κ3) is 3.92. The van der Waals surface area contributed by atoms with E-state index in [1.807, 2.05) is 0 Å². The lowest BCUT2D eigenvalue weighted by atomic mass is 10.3. The van der Waals surface area contributed by atoms with Crippen LogP contribution in [0.1, 0.15) is 6.92 Å². The van der Waals surface area contributed by atoms with Crippen molar-refractivity contribution in [2.75, 3.05) is 26.7 Å². The van der Waals surface area contributed by atoms with E-state index in [4.69, 9.17) is 5.11 Å². The average Bonchev–Trinajstić information content (AvgIpc) is 2.00. The summed E-state index contributed by atoms with van der Waals surface area (Å²) in [7, 11) is 1.65. The highest BCUT2D eigenvalue weighted by molar-refractivity contribution is 5.85. The molecule has 1 amide bonds. The minimum absolute atomic E-state index is 0.0350. The van der Waals surface area contributed by atoms with Crippen molar-refractivity contribution < 1.29 is 14.7 Å². The Morgan fingerprint density at radius 2 is 2.08 bits per heavy atom. The monoisotopic (exact) mass is 174 g/mol. The third-order valence-corrected chi connectivity index (χ3v) is 1.39. The molecule has 0 saturated heterocycles. The second-order valence-corrected chi connectivity index (χ2v) is 2.37. The van der Waals surface area contributed by atoms with E-state index < -0.39 is 6.09 Å². The SMILES string of the molecule is CCN(CC(=O)CNC)C(=O)O. The fourth-order valence-electron chi connectivity index (χ4n) is 0.781. The van der Waals surface area contributed by atoms with Crippen LogP contribution in [0.4, 0.5) is 4.79 Å². The lowest BCUT2D eigenvalue weighted by Gasteiger charge is -2.15. The summed E-state index contributed by atoms with van der Waals surface area (Å²) in [5.41, 5.74) is 0. The topological polar surface area (TPSA) is 69.6 Å². The number of carboxylic acid groups (broad SMARTS) is 1. The predicted octanol–water partition coefficient (Wildman–Crippen LogP) is -0.225. The maximum Gasteiger partial charge on any atom is 0.407 e. The molecule has 0 rings (SSSR count). The molecule has 0 atom stereocenters. The molecular formula is C7H14N2O3. The molecule has 0 saturated carbocycles. The molecule has 5 nitrogen and oxygen atoms in total. The van der Waals surface area contributed by atoms with E-state index >= 15 is 0 Å². The number of rotatable bonds is 5. The van der Waals surface area contributed by atoms with E-state index in [9.17, 15) is 9.59 Å². The summed E-state index contributed by atoms with van der Waals surface area (Å²) >= 11 is 0. The molecule has 0 bridgehead atoms. The zero-order valence-corrected chi connectivity index (χ0v) is 7.33. The summed E-state index contributed by atoms with van der Waals surface area (Å²) in [4.78, 5) is 22.4. The molecule has 0 heterocycles. The number of likely N-dealkylation sites (N-methyl/N-ethyl adjacent to an activating group) is 2. The largest absolute Gasteiger partial charge is 0.465 e. The van der Waals surface area contributed by atoms with E-state index in [-0.39, 0.29) is 18.9 Å². The number of amides is 1. The van der Waals surface area contributed by atoms with Crippen LogP contribution in [0.15, 0.2) is 0 Å². The van der Waals surface area contributed by atoms with Gasteiger partial charge >= 0.3 is 6.09 Å². The highest BCUT2D eigenvalue weighted by Gasteiger charge is 2.12. The van der Waals surface area contributed by atoms with Crippen LogP contribution in [-0.2, 0) is 4.79 Å². The van der Waals surface area contributed by atoms with Gasteiger partial charge in [-0.1, -0.05) is 0 Å². The number of Topliss-reactive ketones (excluding diaryl/α,β-unsaturated/α-hetero) is 1. The second kappa shape index (κ2) is 5.54. The first-order chi connectivity index (χ1) is 5.61. The van der Waals surface area contributed by atoms with Gasteiger partial charge in [0.05, 0.1) is 13.1 Å². The van der Waals surface area contributed by atoms with Gasteiger partial charge in [0.15, 0.2) is 5.78 Å². The van der Waals surface area contributed by atoms with Gasteiger partial charge in [0, 0.05) is 6.54 Å². The molecule has 0 spiro atoms. The molecule has 0 radical (unpaired) electrons. The van der Waals surface area contributed by atoms with Crippen LogP contribution in [0.2, 0.25) is 0 Å². The van der Waals surface area contributed by atoms with Crippen LogP contribution in [0.3, 0.4) is 0 Å². The first kappa shape index (κ1) is 10.9. The lowest BCUT2D eigenvalue weighted by molar-refractivity contribution is -0.118. The van der Waals surface area contributed by atoms with Gasteiger partial charge in [0.2, 0.25) is 0 Å². The predicted molar refractivity (Wildman–Crippen MR) is 44.2 cm³/mol. The number of hydrogen-bond donors (Lipinski definition) is 2. The van der Waals surface area contributed by atoms with E-state index in [2.05, 4.69) is 5.32 Å². The Kier molecular flexibility index (Phi) is 5.03. The summed E-state index contributed by atoms with van der Waals surface area (Å²) in [5, 5.41) is 11.2. The van der Waals surface area contributed by atoms with Crippen LogP contribution in [-0.4, -0.2) is 48.6 Å². The quantitative estimate of drug-likeness (QED) is 0.604. The van der Waals surface area contributed by atoms with Gasteiger partial charge in [-0.2, -0.15) is 0 Å². The molecule has 2 N–H and O–H groups in total. The molecule has 5 heteroatoms. The van der Waals surface area contributed by atoms with Gasteiger partial charge < -0.3 is 15.3 Å². The molecule has 0 aliphatic heterocycles. The van der Waals surface area contributed by atoms with Crippen LogP contribution < -0.4 is 5.32 Å². The van der Waals surface area contributed by atoms with E-state index in [0.29, 0.717) is 6.54 Å². The lowest BCUT2D eigenvalue weighted by Crippen LogP contribution is -2.37. The average molecular weight is 174 g/mol. The number of nitrogens with zero attached hydrogens (tertiary/aromatic N) is 1. The third-order valence-electron chi connectivity index (χ3n) is 1.39. The zero-order valence-electron chi connectivity index (χ0n) is 7.33. The first-order valence-electron chi connectivity index (χ1n) is 3.76. The molecule has 0 aliphatic rings. The van der Waals surface area contributed by atoms with Crippen LogP contribution in [0.25, 0.3) is 0 Å². The van der Waals surface area contributed by atoms with Gasteiger partial charge in [0.25, 0.3) is 0 Å². The Hall–Kier alpha value is -1.10. The Balaban J connectivity index is 3.85. The van der Waals surface area contributed by atoms with Crippen molar-refractivity contribution >= 4 is 11.9 Å². The van der Waals surface area contributed by atoms with Crippen molar-refractivity contribution in [1.29, 1.82) is 0 Å². The molecule has 0 aromatic carbocycles. The van der Waals surface area contributed by atoms with E-state index in [1.54, 1.807) is 14.0 Å². The van der Waals surface area contributed by atoms with Gasteiger partial charge in [-0.25, -0.2) is 4.79 Å². The molecule has 0 aromatic heterocycles. The van der Waals surface area contributed by atoms with Gasteiger partial charge in [-0.3, -0.25) is 4.79 Å². The Bertz CT molecular complexity index is 170. The van der Waals surface area contributed by atoms with Crippen LogP contribution >= 0.6 is 0 Å². The fourth-order valence-corrected chi connectivity index (χ4v) is 0.781. The molecule has 0 fully saturated rings. The second-order valence-electron chi connectivity index (χ2n) is 2.37. The summed E-state index contributed by atoms with van der Waals surface area (Å²) in [6, 6.07) is 0. The molecule has 0 aromatic rings. The van der Waals surface area contributed by atoms with Gasteiger partial charge in [-0.05, 0) is 14.0 Å². The van der Waals surface area contributed by atoms with Crippen molar-refractivity contribution in [2.45, 2.75) is 6.92 Å². The van der Waals surface area contributed by atoms with Crippen LogP contribution in [0, 0.1) is 0 Å². The number of hydrogen-bond acceptors (Lipinski definition) is 3. The molecule has 70 valence electrons. The van der Waals surface area contributed by atoms with Crippen molar-refractivity contribution in [2.24, 2.45) is 0 Å². The minimum Gasteiger partial charge on any atom is -0.465 e. The van der Waals surface area contributed by atoms with E-state index in [0.717, 1.165) is 4.90 Å². The van der Waals surface area contributed by atoms with Crippen LogP contribution in [0.5, 0.6) is 0 Å². The summed E-state index contributed by atoms with van der Waals surface area (Å²) < 4.78 is 0. The number of nitrogens with one attached hydrogen (secondary N) is 1. The summed E-state index contributed by atoms with van der Waals surface area (Å²) in [5.74, 6) is -0.123. The first-order valence-corrected chi connectivity index (χ1v) is 3.76. The normalized spacial score (nSPS) is 9.50. The van der Waals surface area contributed by atoms with E-state index in [1.165, 1.54) is 0 Å².